The van der Waals surface area contributed by atoms with Crippen molar-refractivity contribution in [2.75, 3.05) is 18.8 Å². The van der Waals surface area contributed by atoms with E-state index in [0.29, 0.717) is 0 Å². The normalized spacial score (nSPS) is 18.4. The van der Waals surface area contributed by atoms with Crippen LogP contribution in [0.2, 0.25) is 0 Å². The Bertz CT molecular complexity index is 428. The second kappa shape index (κ2) is 10.7. The largest absolute Gasteiger partial charge is 0.357 e. The van der Waals surface area contributed by atoms with E-state index in [9.17, 15) is 0 Å². The molecule has 1 aromatic heterocycles. The molecular formula is C15H26IN3S2. The molecule has 0 aliphatic carbocycles. The number of nitrogens with zero attached hydrogens (tertiary/aromatic N) is 1. The number of halogens is 1. The van der Waals surface area contributed by atoms with Gasteiger partial charge in [-0.1, -0.05) is 6.92 Å². The minimum Gasteiger partial charge on any atom is -0.357 e. The van der Waals surface area contributed by atoms with Gasteiger partial charge >= 0.3 is 0 Å². The smallest absolute Gasteiger partial charge is 0.191 e. The quantitative estimate of drug-likeness (QED) is 0.401. The molecular weight excluding hydrogens is 413 g/mol. The minimum absolute atomic E-state index is 0. The molecule has 0 aromatic carbocycles. The van der Waals surface area contributed by atoms with Crippen LogP contribution in [0.3, 0.4) is 0 Å². The molecule has 120 valence electrons. The number of thiophene rings is 1. The summed E-state index contributed by atoms with van der Waals surface area (Å²) in [5.74, 6) is 2.26. The van der Waals surface area contributed by atoms with Gasteiger partial charge in [0.15, 0.2) is 5.96 Å². The monoisotopic (exact) mass is 439 g/mol. The van der Waals surface area contributed by atoms with Crippen molar-refractivity contribution in [1.29, 1.82) is 0 Å². The summed E-state index contributed by atoms with van der Waals surface area (Å²) in [5, 5.41) is 7.56. The van der Waals surface area contributed by atoms with Gasteiger partial charge in [-0.2, -0.15) is 11.8 Å². The third kappa shape index (κ3) is 6.78. The summed E-state index contributed by atoms with van der Waals surface area (Å²) >= 11 is 3.95. The molecule has 0 amide bonds. The average molecular weight is 439 g/mol. The molecule has 2 rings (SSSR count). The van der Waals surface area contributed by atoms with Gasteiger partial charge in [0.25, 0.3) is 0 Å². The number of aryl methyl sites for hydroxylation is 1. The average Bonchev–Trinajstić information content (AvgIpc) is 3.13. The number of guanidine groups is 1. The van der Waals surface area contributed by atoms with E-state index in [1.807, 2.05) is 11.3 Å². The maximum absolute atomic E-state index is 4.69. The molecule has 1 aliphatic rings. The highest BCUT2D eigenvalue weighted by molar-refractivity contribution is 14.0. The minimum atomic E-state index is 0. The molecule has 1 saturated heterocycles. The molecule has 1 aromatic rings. The third-order valence-electron chi connectivity index (χ3n) is 3.32. The van der Waals surface area contributed by atoms with Gasteiger partial charge in [0.1, 0.15) is 0 Å². The number of hydrogen-bond donors (Lipinski definition) is 2. The van der Waals surface area contributed by atoms with E-state index in [1.54, 1.807) is 0 Å². The molecule has 0 radical (unpaired) electrons. The fourth-order valence-corrected chi connectivity index (χ4v) is 4.30. The van der Waals surface area contributed by atoms with Gasteiger partial charge in [0.05, 0.1) is 6.54 Å². The molecule has 6 heteroatoms. The van der Waals surface area contributed by atoms with Crippen molar-refractivity contribution in [3.63, 3.8) is 0 Å². The lowest BCUT2D eigenvalue weighted by molar-refractivity contribution is 0.727. The highest BCUT2D eigenvalue weighted by atomic mass is 127. The van der Waals surface area contributed by atoms with Gasteiger partial charge in [-0.25, -0.2) is 4.99 Å². The van der Waals surface area contributed by atoms with E-state index >= 15 is 0 Å². The van der Waals surface area contributed by atoms with Gasteiger partial charge in [-0.3, -0.25) is 0 Å². The maximum atomic E-state index is 4.69. The second-order valence-electron chi connectivity index (χ2n) is 4.93. The van der Waals surface area contributed by atoms with Crippen molar-refractivity contribution in [2.24, 2.45) is 4.99 Å². The molecule has 21 heavy (non-hydrogen) atoms. The van der Waals surface area contributed by atoms with Crippen LogP contribution < -0.4 is 10.6 Å². The Morgan fingerprint density at radius 1 is 1.29 bits per heavy atom. The molecule has 1 unspecified atom stereocenters. The number of hydrogen-bond acceptors (Lipinski definition) is 3. The SMILES string of the molecule is CCNC(=NCc1ccc(CC)s1)NCC1CCCS1.I. The lowest BCUT2D eigenvalue weighted by Crippen LogP contribution is -2.40. The molecule has 1 fully saturated rings. The Balaban J connectivity index is 0.00000220. The summed E-state index contributed by atoms with van der Waals surface area (Å²) in [6.07, 6.45) is 3.81. The molecule has 2 N–H and O–H groups in total. The van der Waals surface area contributed by atoms with E-state index in [0.717, 1.165) is 37.3 Å². The zero-order valence-electron chi connectivity index (χ0n) is 12.9. The van der Waals surface area contributed by atoms with Gasteiger partial charge in [-0.05, 0) is 44.1 Å². The molecule has 0 bridgehead atoms. The van der Waals surface area contributed by atoms with Gasteiger partial charge < -0.3 is 10.6 Å². The van der Waals surface area contributed by atoms with E-state index in [4.69, 9.17) is 0 Å². The van der Waals surface area contributed by atoms with Crippen molar-refractivity contribution < 1.29 is 0 Å². The van der Waals surface area contributed by atoms with Crippen LogP contribution in [0.5, 0.6) is 0 Å². The number of rotatable bonds is 6. The first-order chi connectivity index (χ1) is 9.81. The van der Waals surface area contributed by atoms with Crippen LogP contribution in [0.4, 0.5) is 0 Å². The summed E-state index contributed by atoms with van der Waals surface area (Å²) in [5.41, 5.74) is 0. The first kappa shape index (κ1) is 19.1. The van der Waals surface area contributed by atoms with Crippen LogP contribution >= 0.6 is 47.1 Å². The summed E-state index contributed by atoms with van der Waals surface area (Å²) < 4.78 is 0. The van der Waals surface area contributed by atoms with Crippen molar-refractivity contribution in [1.82, 2.24) is 10.6 Å². The highest BCUT2D eigenvalue weighted by Gasteiger charge is 2.15. The third-order valence-corrected chi connectivity index (χ3v) is 5.94. The van der Waals surface area contributed by atoms with E-state index < -0.39 is 0 Å². The molecule has 0 spiro atoms. The van der Waals surface area contributed by atoms with Crippen molar-refractivity contribution in [2.45, 2.75) is 44.9 Å². The van der Waals surface area contributed by atoms with Crippen molar-refractivity contribution in [3.8, 4) is 0 Å². The standard InChI is InChI=1S/C15H25N3S2.HI/c1-3-12-7-8-14(20-12)11-18-15(16-4-2)17-10-13-6-5-9-19-13;/h7-8,13H,3-6,9-11H2,1-2H3,(H2,16,17,18);1H. The summed E-state index contributed by atoms with van der Waals surface area (Å²) in [4.78, 5) is 7.47. The number of aliphatic imine (C=N–C) groups is 1. The molecule has 1 aliphatic heterocycles. The first-order valence-corrected chi connectivity index (χ1v) is 9.39. The van der Waals surface area contributed by atoms with E-state index in [2.05, 4.69) is 53.4 Å². The van der Waals surface area contributed by atoms with Crippen LogP contribution in [0.1, 0.15) is 36.4 Å². The summed E-state index contributed by atoms with van der Waals surface area (Å²) in [6.45, 7) is 7.03. The van der Waals surface area contributed by atoms with Gasteiger partial charge in [0.2, 0.25) is 0 Å². The zero-order valence-corrected chi connectivity index (χ0v) is 16.8. The Kier molecular flexibility index (Phi) is 9.75. The van der Waals surface area contributed by atoms with Gasteiger partial charge in [-0.15, -0.1) is 35.3 Å². The van der Waals surface area contributed by atoms with Crippen LogP contribution in [0, 0.1) is 0 Å². The predicted molar refractivity (Wildman–Crippen MR) is 107 cm³/mol. The Morgan fingerprint density at radius 3 is 2.71 bits per heavy atom. The fourth-order valence-electron chi connectivity index (χ4n) is 2.21. The van der Waals surface area contributed by atoms with Crippen molar-refractivity contribution in [3.05, 3.63) is 21.9 Å². The first-order valence-electron chi connectivity index (χ1n) is 7.53. The van der Waals surface area contributed by atoms with Gasteiger partial charge in [0, 0.05) is 28.1 Å². The number of thioether (sulfide) groups is 1. The number of nitrogens with one attached hydrogen (secondary N) is 2. The highest BCUT2D eigenvalue weighted by Crippen LogP contribution is 2.25. The van der Waals surface area contributed by atoms with Crippen LogP contribution in [-0.2, 0) is 13.0 Å². The lowest BCUT2D eigenvalue weighted by Gasteiger charge is -2.14. The molecule has 2 heterocycles. The molecule has 0 saturated carbocycles. The maximum Gasteiger partial charge on any atom is 0.191 e. The van der Waals surface area contributed by atoms with E-state index in [-0.39, 0.29) is 24.0 Å². The van der Waals surface area contributed by atoms with Crippen LogP contribution in [0.25, 0.3) is 0 Å². The van der Waals surface area contributed by atoms with E-state index in [1.165, 1.54) is 28.3 Å². The summed E-state index contributed by atoms with van der Waals surface area (Å²) in [6, 6.07) is 4.41. The summed E-state index contributed by atoms with van der Waals surface area (Å²) in [7, 11) is 0. The van der Waals surface area contributed by atoms with Crippen LogP contribution in [0.15, 0.2) is 17.1 Å². The lowest BCUT2D eigenvalue weighted by atomic mass is 10.2. The fraction of sp³-hybridized carbons (Fsp3) is 0.667. The second-order valence-corrected chi connectivity index (χ2v) is 7.59. The van der Waals surface area contributed by atoms with Crippen molar-refractivity contribution >= 4 is 53.0 Å². The predicted octanol–water partition coefficient (Wildman–Crippen LogP) is 3.88. The Morgan fingerprint density at radius 2 is 2.10 bits per heavy atom. The Labute approximate surface area is 153 Å². The molecule has 1 atom stereocenters. The molecule has 3 nitrogen and oxygen atoms in total. The Hall–Kier alpha value is 0.0500. The zero-order chi connectivity index (χ0) is 14.2. The van der Waals surface area contributed by atoms with Crippen LogP contribution in [-0.4, -0.2) is 30.1 Å². The topological polar surface area (TPSA) is 36.4 Å².